The summed E-state index contributed by atoms with van der Waals surface area (Å²) in [6.45, 7) is 11.0. The molecule has 2 N–H and O–H groups in total. The molecule has 28 heavy (non-hydrogen) atoms. The molecule has 3 aliphatic heterocycles. The standard InChI is InChI=1S/C21H35N5O2/c1-17-5-6-18(20(13-17)28-12-4-11-27-3)14-23-21(22-2)24-15-19-16-25-7-9-26(19)10-8-25/h5-6,13,19H,4,7-12,14-16H2,1-3H3,(H2,22,23,24). The second kappa shape index (κ2) is 10.6. The monoisotopic (exact) mass is 389 g/mol. The minimum absolute atomic E-state index is 0.570. The van der Waals surface area contributed by atoms with Crippen LogP contribution in [0.2, 0.25) is 0 Å². The first-order chi connectivity index (χ1) is 13.7. The molecule has 3 saturated heterocycles. The van der Waals surface area contributed by atoms with Crippen LogP contribution < -0.4 is 15.4 Å². The van der Waals surface area contributed by atoms with Crippen LogP contribution in [0.15, 0.2) is 23.2 Å². The number of rotatable bonds is 9. The number of hydrogen-bond donors (Lipinski definition) is 2. The molecule has 3 heterocycles. The summed E-state index contributed by atoms with van der Waals surface area (Å²) in [4.78, 5) is 9.54. The van der Waals surface area contributed by atoms with Gasteiger partial charge in [-0.25, -0.2) is 0 Å². The zero-order valence-electron chi connectivity index (χ0n) is 17.5. The van der Waals surface area contributed by atoms with Crippen molar-refractivity contribution in [2.24, 2.45) is 4.99 Å². The van der Waals surface area contributed by atoms with Gasteiger partial charge in [-0.2, -0.15) is 0 Å². The molecule has 7 nitrogen and oxygen atoms in total. The Balaban J connectivity index is 1.49. The number of guanidine groups is 1. The van der Waals surface area contributed by atoms with Crippen LogP contribution in [0.3, 0.4) is 0 Å². The lowest BCUT2D eigenvalue weighted by Crippen LogP contribution is -2.63. The van der Waals surface area contributed by atoms with Crippen molar-refractivity contribution in [1.82, 2.24) is 20.4 Å². The second-order valence-corrected chi connectivity index (χ2v) is 7.60. The molecule has 0 saturated carbocycles. The summed E-state index contributed by atoms with van der Waals surface area (Å²) < 4.78 is 11.1. The molecule has 7 heteroatoms. The van der Waals surface area contributed by atoms with Crippen LogP contribution in [0.25, 0.3) is 0 Å². The number of ether oxygens (including phenoxy) is 2. The van der Waals surface area contributed by atoms with E-state index in [4.69, 9.17) is 9.47 Å². The molecule has 0 spiro atoms. The van der Waals surface area contributed by atoms with Crippen LogP contribution in [0, 0.1) is 6.92 Å². The molecule has 3 fully saturated rings. The first-order valence-corrected chi connectivity index (χ1v) is 10.3. The third-order valence-corrected chi connectivity index (χ3v) is 5.54. The van der Waals surface area contributed by atoms with Crippen LogP contribution >= 0.6 is 0 Å². The second-order valence-electron chi connectivity index (χ2n) is 7.60. The van der Waals surface area contributed by atoms with Crippen molar-refractivity contribution in [3.8, 4) is 5.75 Å². The minimum atomic E-state index is 0.570. The molecule has 1 atom stereocenters. The van der Waals surface area contributed by atoms with Crippen LogP contribution in [0.5, 0.6) is 5.75 Å². The Hall–Kier alpha value is -1.83. The van der Waals surface area contributed by atoms with Gasteiger partial charge in [-0.1, -0.05) is 12.1 Å². The zero-order chi connectivity index (χ0) is 19.8. The van der Waals surface area contributed by atoms with E-state index in [2.05, 4.69) is 50.5 Å². The quantitative estimate of drug-likeness (QED) is 0.374. The summed E-state index contributed by atoms with van der Waals surface area (Å²) in [7, 11) is 3.54. The van der Waals surface area contributed by atoms with Gasteiger partial charge in [-0.3, -0.25) is 14.8 Å². The molecule has 3 aliphatic rings. The molecular weight excluding hydrogens is 354 g/mol. The zero-order valence-corrected chi connectivity index (χ0v) is 17.5. The minimum Gasteiger partial charge on any atom is -0.493 e. The highest BCUT2D eigenvalue weighted by molar-refractivity contribution is 5.79. The lowest BCUT2D eigenvalue weighted by Gasteiger charge is -2.47. The van der Waals surface area contributed by atoms with Crippen molar-refractivity contribution >= 4 is 5.96 Å². The van der Waals surface area contributed by atoms with E-state index < -0.39 is 0 Å². The number of piperazine rings is 3. The topological polar surface area (TPSA) is 61.4 Å². The van der Waals surface area contributed by atoms with Crippen molar-refractivity contribution in [3.63, 3.8) is 0 Å². The van der Waals surface area contributed by atoms with Gasteiger partial charge in [0.1, 0.15) is 5.75 Å². The summed E-state index contributed by atoms with van der Waals surface area (Å²) in [5.41, 5.74) is 2.34. The van der Waals surface area contributed by atoms with Gasteiger partial charge in [0.2, 0.25) is 0 Å². The van der Waals surface area contributed by atoms with Gasteiger partial charge in [0.15, 0.2) is 5.96 Å². The van der Waals surface area contributed by atoms with Crippen LogP contribution in [0.4, 0.5) is 0 Å². The number of fused-ring (bicyclic) bond motifs is 3. The molecule has 156 valence electrons. The van der Waals surface area contributed by atoms with Gasteiger partial charge in [0.25, 0.3) is 0 Å². The molecule has 1 aromatic carbocycles. The fourth-order valence-electron chi connectivity index (χ4n) is 3.86. The molecule has 2 bridgehead atoms. The van der Waals surface area contributed by atoms with E-state index in [9.17, 15) is 0 Å². The average molecular weight is 390 g/mol. The van der Waals surface area contributed by atoms with Crippen molar-refractivity contribution in [3.05, 3.63) is 29.3 Å². The smallest absolute Gasteiger partial charge is 0.191 e. The maximum atomic E-state index is 5.98. The predicted molar refractivity (Wildman–Crippen MR) is 113 cm³/mol. The average Bonchev–Trinajstić information content (AvgIpc) is 2.73. The van der Waals surface area contributed by atoms with Gasteiger partial charge >= 0.3 is 0 Å². The van der Waals surface area contributed by atoms with Crippen LogP contribution in [-0.2, 0) is 11.3 Å². The normalized spacial score (nSPS) is 24.2. The van der Waals surface area contributed by atoms with Crippen LogP contribution in [-0.4, -0.2) is 88.4 Å². The lowest BCUT2D eigenvalue weighted by molar-refractivity contribution is 0.0154. The van der Waals surface area contributed by atoms with Crippen molar-refractivity contribution < 1.29 is 9.47 Å². The van der Waals surface area contributed by atoms with Gasteiger partial charge < -0.3 is 20.1 Å². The number of nitrogens with one attached hydrogen (secondary N) is 2. The van der Waals surface area contributed by atoms with Gasteiger partial charge in [0.05, 0.1) is 6.61 Å². The van der Waals surface area contributed by atoms with Gasteiger partial charge in [-0.05, 0) is 18.6 Å². The Morgan fingerprint density at radius 3 is 2.68 bits per heavy atom. The van der Waals surface area contributed by atoms with E-state index in [1.54, 1.807) is 7.11 Å². The number of aryl methyl sites for hydroxylation is 1. The fourth-order valence-corrected chi connectivity index (χ4v) is 3.86. The Morgan fingerprint density at radius 2 is 2.00 bits per heavy atom. The first kappa shape index (κ1) is 20.9. The van der Waals surface area contributed by atoms with E-state index in [1.807, 2.05) is 7.05 Å². The van der Waals surface area contributed by atoms with Gasteiger partial charge in [0, 0.05) is 84.6 Å². The molecule has 1 aromatic rings. The van der Waals surface area contributed by atoms with Crippen molar-refractivity contribution in [1.29, 1.82) is 0 Å². The highest BCUT2D eigenvalue weighted by atomic mass is 16.5. The number of methoxy groups -OCH3 is 1. The Kier molecular flexibility index (Phi) is 7.94. The molecule has 0 radical (unpaired) electrons. The summed E-state index contributed by atoms with van der Waals surface area (Å²) >= 11 is 0. The highest BCUT2D eigenvalue weighted by Gasteiger charge is 2.31. The third-order valence-electron chi connectivity index (χ3n) is 5.54. The SMILES string of the molecule is CN=C(NCc1ccc(C)cc1OCCCOC)NCC1CN2CCN1CC2. The maximum absolute atomic E-state index is 5.98. The molecule has 0 aromatic heterocycles. The van der Waals surface area contributed by atoms with E-state index in [-0.39, 0.29) is 0 Å². The Bertz CT molecular complexity index is 644. The maximum Gasteiger partial charge on any atom is 0.191 e. The lowest BCUT2D eigenvalue weighted by atomic mass is 10.1. The number of aliphatic imine (C=N–C) groups is 1. The number of hydrogen-bond acceptors (Lipinski definition) is 5. The Labute approximate surface area is 169 Å². The highest BCUT2D eigenvalue weighted by Crippen LogP contribution is 2.20. The van der Waals surface area contributed by atoms with E-state index in [0.29, 0.717) is 25.8 Å². The van der Waals surface area contributed by atoms with Gasteiger partial charge in [-0.15, -0.1) is 0 Å². The molecule has 0 amide bonds. The summed E-state index contributed by atoms with van der Waals surface area (Å²) in [6.07, 6.45) is 0.884. The van der Waals surface area contributed by atoms with E-state index in [0.717, 1.165) is 36.8 Å². The van der Waals surface area contributed by atoms with Crippen molar-refractivity contribution in [2.75, 3.05) is 66.6 Å². The number of nitrogens with zero attached hydrogens (tertiary/aromatic N) is 3. The first-order valence-electron chi connectivity index (χ1n) is 10.3. The third kappa shape index (κ3) is 5.83. The predicted octanol–water partition coefficient (Wildman–Crippen LogP) is 1.08. The summed E-state index contributed by atoms with van der Waals surface area (Å²) in [5, 5.41) is 6.93. The largest absolute Gasteiger partial charge is 0.493 e. The summed E-state index contributed by atoms with van der Waals surface area (Å²) in [5.74, 6) is 1.77. The fraction of sp³-hybridized carbons (Fsp3) is 0.667. The number of benzene rings is 1. The van der Waals surface area contributed by atoms with Crippen molar-refractivity contribution in [2.45, 2.75) is 25.9 Å². The molecular formula is C21H35N5O2. The molecule has 0 aliphatic carbocycles. The Morgan fingerprint density at radius 1 is 1.18 bits per heavy atom. The molecule has 4 rings (SSSR count). The van der Waals surface area contributed by atoms with E-state index >= 15 is 0 Å². The molecule has 1 unspecified atom stereocenters. The van der Waals surface area contributed by atoms with E-state index in [1.165, 1.54) is 31.7 Å². The van der Waals surface area contributed by atoms with Crippen LogP contribution in [0.1, 0.15) is 17.5 Å². The summed E-state index contributed by atoms with van der Waals surface area (Å²) in [6, 6.07) is 6.91.